The maximum atomic E-state index is 12.3. The second-order valence-electron chi connectivity index (χ2n) is 5.29. The molecule has 1 aromatic carbocycles. The summed E-state index contributed by atoms with van der Waals surface area (Å²) in [5.41, 5.74) is 10.7. The first kappa shape index (κ1) is 17.1. The highest BCUT2D eigenvalue weighted by Crippen LogP contribution is 2.23. The predicted octanol–water partition coefficient (Wildman–Crippen LogP) is 0.684. The molecule has 0 unspecified atom stereocenters. The minimum absolute atomic E-state index is 0.0930. The van der Waals surface area contributed by atoms with Gasteiger partial charge in [-0.3, -0.25) is 14.4 Å². The summed E-state index contributed by atoms with van der Waals surface area (Å²) in [5, 5.41) is 0.335. The molecule has 1 heterocycles. The molecule has 1 aliphatic heterocycles. The molecule has 4 N–H and O–H groups in total. The molecule has 0 aromatic heterocycles. The third-order valence-corrected chi connectivity index (χ3v) is 3.94. The zero-order chi connectivity index (χ0) is 17.0. The number of ether oxygens (including phenoxy) is 1. The van der Waals surface area contributed by atoms with Gasteiger partial charge in [0.2, 0.25) is 5.91 Å². The largest absolute Gasteiger partial charge is 0.483 e. The number of hydrogen-bond donors (Lipinski definition) is 2. The summed E-state index contributed by atoms with van der Waals surface area (Å²) in [6, 6.07) is 3.76. The zero-order valence-electron chi connectivity index (χ0n) is 12.5. The van der Waals surface area contributed by atoms with Crippen molar-refractivity contribution in [3.8, 4) is 5.75 Å². The van der Waals surface area contributed by atoms with Gasteiger partial charge >= 0.3 is 0 Å². The molecule has 0 radical (unpaired) electrons. The molecule has 3 amide bonds. The number of piperidine rings is 1. The maximum absolute atomic E-state index is 12.3. The molecule has 7 nitrogen and oxygen atoms in total. The van der Waals surface area contributed by atoms with Gasteiger partial charge in [-0.15, -0.1) is 0 Å². The number of likely N-dealkylation sites (tertiary alicyclic amines) is 1. The van der Waals surface area contributed by atoms with Crippen molar-refractivity contribution in [3.63, 3.8) is 0 Å². The number of benzene rings is 1. The van der Waals surface area contributed by atoms with Crippen molar-refractivity contribution in [2.75, 3.05) is 13.2 Å². The lowest BCUT2D eigenvalue weighted by molar-refractivity contribution is -0.142. The number of primary amides is 2. The van der Waals surface area contributed by atoms with E-state index in [9.17, 15) is 14.4 Å². The molecule has 1 aliphatic rings. The fourth-order valence-corrected chi connectivity index (χ4v) is 2.74. The first-order valence-electron chi connectivity index (χ1n) is 7.21. The van der Waals surface area contributed by atoms with Crippen LogP contribution in [-0.2, 0) is 9.59 Å². The molecule has 0 saturated carbocycles. The Kier molecular flexibility index (Phi) is 5.44. The fourth-order valence-electron chi connectivity index (χ4n) is 2.57. The molecule has 0 aliphatic carbocycles. The van der Waals surface area contributed by atoms with Gasteiger partial charge in [-0.2, -0.15) is 0 Å². The monoisotopic (exact) mass is 339 g/mol. The standard InChI is InChI=1S/C15H18ClN3O4/c16-9-4-5-12(10(7-9)14(17)21)23-8-13(20)19-6-2-1-3-11(19)15(18)22/h4-5,7,11H,1-3,6,8H2,(H2,17,21)(H2,18,22)/t11-/m1/s1. The highest BCUT2D eigenvalue weighted by Gasteiger charge is 2.30. The minimum atomic E-state index is -0.706. The predicted molar refractivity (Wildman–Crippen MR) is 84.0 cm³/mol. The summed E-state index contributed by atoms with van der Waals surface area (Å²) in [6.45, 7) is 0.144. The Labute approximate surface area is 138 Å². The number of carbonyl (C=O) groups is 3. The molecule has 1 fully saturated rings. The van der Waals surface area contributed by atoms with E-state index in [0.717, 1.165) is 12.8 Å². The molecule has 0 bridgehead atoms. The maximum Gasteiger partial charge on any atom is 0.261 e. The van der Waals surface area contributed by atoms with E-state index in [-0.39, 0.29) is 23.8 Å². The Balaban J connectivity index is 2.07. The van der Waals surface area contributed by atoms with Gasteiger partial charge in [0.05, 0.1) is 5.56 Å². The Bertz CT molecular complexity index is 635. The van der Waals surface area contributed by atoms with Crippen molar-refractivity contribution in [3.05, 3.63) is 28.8 Å². The first-order valence-corrected chi connectivity index (χ1v) is 7.59. The molecular weight excluding hydrogens is 322 g/mol. The van der Waals surface area contributed by atoms with Crippen LogP contribution in [0.15, 0.2) is 18.2 Å². The van der Waals surface area contributed by atoms with E-state index in [4.69, 9.17) is 27.8 Å². The smallest absolute Gasteiger partial charge is 0.261 e. The fraction of sp³-hybridized carbons (Fsp3) is 0.400. The Morgan fingerprint density at radius 2 is 2.00 bits per heavy atom. The van der Waals surface area contributed by atoms with Crippen LogP contribution in [0.4, 0.5) is 0 Å². The van der Waals surface area contributed by atoms with Crippen LogP contribution in [0, 0.1) is 0 Å². The van der Waals surface area contributed by atoms with Gasteiger partial charge in [0, 0.05) is 11.6 Å². The highest BCUT2D eigenvalue weighted by atomic mass is 35.5. The second kappa shape index (κ2) is 7.32. The Morgan fingerprint density at radius 3 is 2.65 bits per heavy atom. The third kappa shape index (κ3) is 4.13. The quantitative estimate of drug-likeness (QED) is 0.820. The van der Waals surface area contributed by atoms with Crippen molar-refractivity contribution in [1.82, 2.24) is 4.90 Å². The lowest BCUT2D eigenvalue weighted by atomic mass is 10.0. The van der Waals surface area contributed by atoms with E-state index < -0.39 is 17.9 Å². The van der Waals surface area contributed by atoms with Gasteiger partial charge in [-0.25, -0.2) is 0 Å². The van der Waals surface area contributed by atoms with Crippen molar-refractivity contribution < 1.29 is 19.1 Å². The molecule has 124 valence electrons. The minimum Gasteiger partial charge on any atom is -0.483 e. The van der Waals surface area contributed by atoms with Crippen LogP contribution in [0.3, 0.4) is 0 Å². The van der Waals surface area contributed by atoms with Crippen LogP contribution in [-0.4, -0.2) is 41.8 Å². The van der Waals surface area contributed by atoms with E-state index in [2.05, 4.69) is 0 Å². The summed E-state index contributed by atoms with van der Waals surface area (Å²) >= 11 is 5.81. The average Bonchev–Trinajstić information content (AvgIpc) is 2.53. The van der Waals surface area contributed by atoms with E-state index in [0.29, 0.717) is 18.0 Å². The summed E-state index contributed by atoms with van der Waals surface area (Å²) in [6.07, 6.45) is 2.21. The van der Waals surface area contributed by atoms with Crippen LogP contribution >= 0.6 is 11.6 Å². The van der Waals surface area contributed by atoms with Crippen molar-refractivity contribution in [2.24, 2.45) is 11.5 Å². The number of amides is 3. The van der Waals surface area contributed by atoms with Crippen LogP contribution in [0.25, 0.3) is 0 Å². The molecule has 1 saturated heterocycles. The van der Waals surface area contributed by atoms with Crippen LogP contribution in [0.5, 0.6) is 5.75 Å². The van der Waals surface area contributed by atoms with E-state index in [1.165, 1.54) is 23.1 Å². The lowest BCUT2D eigenvalue weighted by Crippen LogP contribution is -2.51. The van der Waals surface area contributed by atoms with Gasteiger partial charge in [-0.05, 0) is 37.5 Å². The number of carbonyl (C=O) groups excluding carboxylic acids is 3. The molecule has 8 heteroatoms. The highest BCUT2D eigenvalue weighted by molar-refractivity contribution is 6.31. The number of nitrogens with zero attached hydrogens (tertiary/aromatic N) is 1. The SMILES string of the molecule is NC(=O)c1cc(Cl)ccc1OCC(=O)N1CCCC[C@@H]1C(N)=O. The Morgan fingerprint density at radius 1 is 1.26 bits per heavy atom. The van der Waals surface area contributed by atoms with Gasteiger partial charge in [0.1, 0.15) is 11.8 Å². The van der Waals surface area contributed by atoms with Crippen molar-refractivity contribution >= 4 is 29.3 Å². The topological polar surface area (TPSA) is 116 Å². The average molecular weight is 340 g/mol. The molecule has 1 atom stereocenters. The number of nitrogens with two attached hydrogens (primary N) is 2. The van der Waals surface area contributed by atoms with E-state index >= 15 is 0 Å². The second-order valence-corrected chi connectivity index (χ2v) is 5.73. The van der Waals surface area contributed by atoms with Gasteiger partial charge in [0.25, 0.3) is 11.8 Å². The Hall–Kier alpha value is -2.28. The summed E-state index contributed by atoms with van der Waals surface area (Å²) in [5.74, 6) is -1.42. The molecule has 23 heavy (non-hydrogen) atoms. The molecular formula is C15H18ClN3O4. The normalized spacial score (nSPS) is 17.6. The number of hydrogen-bond acceptors (Lipinski definition) is 4. The first-order chi connectivity index (χ1) is 10.9. The van der Waals surface area contributed by atoms with E-state index in [1.807, 2.05) is 0 Å². The molecule has 1 aromatic rings. The summed E-state index contributed by atoms with van der Waals surface area (Å²) in [4.78, 5) is 36.5. The van der Waals surface area contributed by atoms with Crippen LogP contribution in [0.2, 0.25) is 5.02 Å². The number of halogens is 1. The molecule has 2 rings (SSSR count). The van der Waals surface area contributed by atoms with Crippen LogP contribution in [0.1, 0.15) is 29.6 Å². The zero-order valence-corrected chi connectivity index (χ0v) is 13.2. The van der Waals surface area contributed by atoms with Gasteiger partial charge in [0.15, 0.2) is 6.61 Å². The van der Waals surface area contributed by atoms with Crippen LogP contribution < -0.4 is 16.2 Å². The molecule has 0 spiro atoms. The van der Waals surface area contributed by atoms with Crippen molar-refractivity contribution in [2.45, 2.75) is 25.3 Å². The summed E-state index contributed by atoms with van der Waals surface area (Å²) in [7, 11) is 0. The van der Waals surface area contributed by atoms with E-state index in [1.54, 1.807) is 0 Å². The summed E-state index contributed by atoms with van der Waals surface area (Å²) < 4.78 is 5.39. The van der Waals surface area contributed by atoms with Crippen molar-refractivity contribution in [1.29, 1.82) is 0 Å². The van der Waals surface area contributed by atoms with Gasteiger partial charge in [-0.1, -0.05) is 11.6 Å². The van der Waals surface area contributed by atoms with Gasteiger partial charge < -0.3 is 21.1 Å². The lowest BCUT2D eigenvalue weighted by Gasteiger charge is -2.33. The number of rotatable bonds is 5. The third-order valence-electron chi connectivity index (χ3n) is 3.71.